The Morgan fingerprint density at radius 2 is 1.56 bits per heavy atom. The molecule has 2 saturated carbocycles. The van der Waals surface area contributed by atoms with Crippen LogP contribution in [0.1, 0.15) is 83.8 Å². The topological polar surface area (TPSA) is 249 Å². The van der Waals surface area contributed by atoms with E-state index < -0.39 is 118 Å². The zero-order valence-corrected chi connectivity index (χ0v) is 34.7. The van der Waals surface area contributed by atoms with Crippen LogP contribution in [0.2, 0.25) is 0 Å². The molecule has 1 spiro atoms. The molecular weight excluding hydrogens is 802 g/mol. The lowest BCUT2D eigenvalue weighted by atomic mass is 9.46. The van der Waals surface area contributed by atoms with Crippen LogP contribution < -0.4 is 5.32 Å². The predicted octanol–water partition coefficient (Wildman–Crippen LogP) is 3.30. The van der Waals surface area contributed by atoms with Crippen LogP contribution in [-0.2, 0) is 52.6 Å². The number of carbonyl (C=O) groups excluding carboxylic acids is 6. The maximum Gasteiger partial charge on any atom is 0.509 e. The van der Waals surface area contributed by atoms with Crippen molar-refractivity contribution in [2.24, 2.45) is 16.7 Å². The van der Waals surface area contributed by atoms with Crippen LogP contribution in [0.25, 0.3) is 0 Å². The second kappa shape index (κ2) is 15.2. The first kappa shape index (κ1) is 43.7. The highest BCUT2D eigenvalue weighted by molar-refractivity contribution is 5.94. The van der Waals surface area contributed by atoms with E-state index in [2.05, 4.69) is 5.32 Å². The lowest BCUT2D eigenvalue weighted by molar-refractivity contribution is -0.595. The van der Waals surface area contributed by atoms with Crippen molar-refractivity contribution in [3.8, 4) is 0 Å². The third-order valence-electron chi connectivity index (χ3n) is 12.6. The molecule has 2 aliphatic heterocycles. The summed E-state index contributed by atoms with van der Waals surface area (Å²) in [6, 6.07) is 14.1. The van der Waals surface area contributed by atoms with Crippen molar-refractivity contribution in [1.29, 1.82) is 0 Å². The van der Waals surface area contributed by atoms with E-state index in [0.29, 0.717) is 0 Å². The van der Waals surface area contributed by atoms with Gasteiger partial charge in [0.15, 0.2) is 36.3 Å². The van der Waals surface area contributed by atoms with E-state index in [4.69, 9.17) is 38.2 Å². The lowest BCUT2D eigenvalue weighted by Crippen LogP contribution is -2.82. The number of alkyl carbamates (subject to hydrolysis) is 1. The van der Waals surface area contributed by atoms with Gasteiger partial charge in [0.25, 0.3) is 5.79 Å². The second-order valence-electron chi connectivity index (χ2n) is 17.7. The van der Waals surface area contributed by atoms with E-state index in [0.717, 1.165) is 6.92 Å². The number of amides is 1. The third kappa shape index (κ3) is 6.84. The largest absolute Gasteiger partial charge is 0.509 e. The molecule has 0 radical (unpaired) electrons. The highest BCUT2D eigenvalue weighted by Crippen LogP contribution is 2.66. The molecule has 0 aromatic heterocycles. The van der Waals surface area contributed by atoms with Crippen LogP contribution in [0, 0.1) is 16.7 Å². The smallest absolute Gasteiger partial charge is 0.454 e. The number of aliphatic hydroxyl groups excluding tert-OH is 3. The summed E-state index contributed by atoms with van der Waals surface area (Å²) in [5.41, 5.74) is -7.31. The summed E-state index contributed by atoms with van der Waals surface area (Å²) in [5, 5.41) is 38.5. The first-order chi connectivity index (χ1) is 28.5. The molecule has 7 rings (SSSR count). The number of Topliss-reactive ketones (excluding diaryl/α,β-unsaturated/α-hetero) is 1. The number of hydrogen-bond acceptors (Lipinski definition) is 17. The molecule has 2 aromatic rings. The van der Waals surface area contributed by atoms with E-state index in [-0.39, 0.29) is 28.7 Å². The fourth-order valence-electron chi connectivity index (χ4n) is 9.86. The van der Waals surface area contributed by atoms with Gasteiger partial charge >= 0.3 is 30.2 Å². The molecule has 2 aromatic carbocycles. The molecule has 2 bridgehead atoms. The number of ether oxygens (including phenoxy) is 6. The highest BCUT2D eigenvalue weighted by atomic mass is 17.3. The molecule has 18 nitrogen and oxygen atoms in total. The van der Waals surface area contributed by atoms with Crippen molar-refractivity contribution >= 4 is 35.9 Å². The minimum Gasteiger partial charge on any atom is -0.454 e. The summed E-state index contributed by atoms with van der Waals surface area (Å²) in [6.07, 6.45) is -15.6. The van der Waals surface area contributed by atoms with Crippen LogP contribution in [0.15, 0.2) is 71.8 Å². The standard InChI is InChI=1S/C43H49NO17/c1-20-26-28(47)32(49)41(8)24(46)19-25-43(61-60-25,57-21(2)45)31(41)34(55-35(50)23-17-13-10-14-18-23)42(40(26,6)7)33(56-38(53)59-42)30(20)54-36(51)29(48)27(22-15-11-9-12-16-22)44-37(52)58-39(3,4)5/h9-18,24-25,27-31,33-34,46-48H,19H2,1-8H3,(H,44,52)/t24-,25+,27-,28+,29+,30+,31-,33-,34-,41+,42+,43+/m0/s1. The second-order valence-corrected chi connectivity index (χ2v) is 17.7. The van der Waals surface area contributed by atoms with Gasteiger partial charge in [0.2, 0.25) is 5.60 Å². The maximum absolute atomic E-state index is 15.1. The monoisotopic (exact) mass is 851 g/mol. The van der Waals surface area contributed by atoms with E-state index in [9.17, 15) is 39.3 Å². The summed E-state index contributed by atoms with van der Waals surface area (Å²) in [4.78, 5) is 94.4. The van der Waals surface area contributed by atoms with Gasteiger partial charge in [0.05, 0.1) is 29.0 Å². The molecule has 61 heavy (non-hydrogen) atoms. The van der Waals surface area contributed by atoms with Crippen molar-refractivity contribution in [1.82, 2.24) is 5.32 Å². The Morgan fingerprint density at radius 3 is 2.13 bits per heavy atom. The third-order valence-corrected chi connectivity index (χ3v) is 12.6. The number of rotatable bonds is 8. The molecular formula is C43H49NO17. The Kier molecular flexibility index (Phi) is 10.9. The number of ketones is 1. The molecule has 4 N–H and O–H groups in total. The van der Waals surface area contributed by atoms with Crippen LogP contribution in [0.4, 0.5) is 9.59 Å². The fourth-order valence-corrected chi connectivity index (χ4v) is 9.86. The van der Waals surface area contributed by atoms with Crippen molar-refractivity contribution in [2.75, 3.05) is 0 Å². The van der Waals surface area contributed by atoms with E-state index in [1.807, 2.05) is 0 Å². The van der Waals surface area contributed by atoms with Crippen LogP contribution >= 0.6 is 0 Å². The van der Waals surface area contributed by atoms with E-state index in [1.54, 1.807) is 57.2 Å². The summed E-state index contributed by atoms with van der Waals surface area (Å²) < 4.78 is 35.7. The van der Waals surface area contributed by atoms with Crippen LogP contribution in [-0.4, -0.2) is 111 Å². The van der Waals surface area contributed by atoms with Gasteiger partial charge in [-0.15, -0.1) is 0 Å². The Labute approximate surface area is 350 Å². The van der Waals surface area contributed by atoms with E-state index >= 15 is 4.79 Å². The fraction of sp³-hybridized carbons (Fsp3) is 0.535. The van der Waals surface area contributed by atoms with Gasteiger partial charge in [-0.2, -0.15) is 4.89 Å². The lowest BCUT2D eigenvalue weighted by Gasteiger charge is -2.65. The highest BCUT2D eigenvalue weighted by Gasteiger charge is 2.84. The van der Waals surface area contributed by atoms with Gasteiger partial charge in [-0.25, -0.2) is 24.1 Å². The molecule has 4 fully saturated rings. The number of esters is 3. The minimum absolute atomic E-state index is 0.00728. The molecule has 12 atom stereocenters. The van der Waals surface area contributed by atoms with Crippen molar-refractivity contribution < 1.29 is 82.3 Å². The van der Waals surface area contributed by atoms with Gasteiger partial charge in [-0.3, -0.25) is 9.59 Å². The number of carbonyl (C=O) groups is 6. The molecule has 1 amide bonds. The first-order valence-corrected chi connectivity index (χ1v) is 19.8. The van der Waals surface area contributed by atoms with Gasteiger partial charge in [0, 0.05) is 18.8 Å². The maximum atomic E-state index is 15.1. The van der Waals surface area contributed by atoms with Crippen molar-refractivity contribution in [3.05, 3.63) is 82.9 Å². The number of nitrogens with one attached hydrogen (secondary N) is 1. The zero-order valence-electron chi connectivity index (χ0n) is 34.7. The summed E-state index contributed by atoms with van der Waals surface area (Å²) in [5.74, 6) is -8.52. The number of aliphatic hydroxyl groups is 3. The Hall–Kier alpha value is -5.40. The van der Waals surface area contributed by atoms with Crippen LogP contribution in [0.3, 0.4) is 0 Å². The predicted molar refractivity (Wildman–Crippen MR) is 204 cm³/mol. The molecule has 18 heteroatoms. The summed E-state index contributed by atoms with van der Waals surface area (Å²) >= 11 is 0. The van der Waals surface area contributed by atoms with E-state index in [1.165, 1.54) is 52.0 Å². The quantitative estimate of drug-likeness (QED) is 0.129. The Morgan fingerprint density at radius 1 is 0.934 bits per heavy atom. The average molecular weight is 852 g/mol. The van der Waals surface area contributed by atoms with Gasteiger partial charge in [-0.1, -0.05) is 62.4 Å². The summed E-state index contributed by atoms with van der Waals surface area (Å²) in [7, 11) is 0. The van der Waals surface area contributed by atoms with Crippen LogP contribution in [0.5, 0.6) is 0 Å². The molecule has 2 saturated heterocycles. The molecule has 0 unspecified atom stereocenters. The number of hydrogen-bond donors (Lipinski definition) is 4. The van der Waals surface area contributed by atoms with Crippen molar-refractivity contribution in [3.63, 3.8) is 0 Å². The number of benzene rings is 2. The van der Waals surface area contributed by atoms with Gasteiger partial charge < -0.3 is 49.1 Å². The van der Waals surface area contributed by atoms with Crippen molar-refractivity contribution in [2.45, 2.75) is 128 Å². The summed E-state index contributed by atoms with van der Waals surface area (Å²) in [6.45, 7) is 11.6. The number of fused-ring (bicyclic) bond motifs is 4. The molecule has 328 valence electrons. The molecule has 2 heterocycles. The average Bonchev–Trinajstić information content (AvgIpc) is 3.55. The normalized spacial score (nSPS) is 34.5. The zero-order chi connectivity index (χ0) is 44.6. The van der Waals surface area contributed by atoms with Gasteiger partial charge in [-0.05, 0) is 63.5 Å². The van der Waals surface area contributed by atoms with Gasteiger partial charge in [0.1, 0.15) is 11.7 Å². The molecule has 5 aliphatic rings. The first-order valence-electron chi connectivity index (χ1n) is 19.8. The minimum atomic E-state index is -2.42. The Bertz CT molecular complexity index is 2150. The SMILES string of the molecule is CC(=O)O[C@@]12OO[C@@H]1C[C@H](O)[C@@]1(C)C(=O)[C@H](O)C3=C(C)[C@@H](OC(=O)[C@H](O)[C@@H](NC(=O)OC(C)(C)C)c4ccccc4)[C@@H]4OC(=O)O[C@]4([C@@H](OC(=O)c4ccccc4)[C@H]21)C3(C)C. The Balaban J connectivity index is 1.42. The molecule has 3 aliphatic carbocycles.